The second-order valence-electron chi connectivity index (χ2n) is 4.69. The number of thiophene rings is 1. The van der Waals surface area contributed by atoms with E-state index in [-0.39, 0.29) is 18.6 Å². The van der Waals surface area contributed by atoms with Gasteiger partial charge in [0.1, 0.15) is 4.88 Å². The van der Waals surface area contributed by atoms with Crippen LogP contribution in [-0.4, -0.2) is 24.5 Å². The molecule has 1 atom stereocenters. The highest BCUT2D eigenvalue weighted by atomic mass is 35.5. The zero-order chi connectivity index (χ0) is 15.4. The quantitative estimate of drug-likeness (QED) is 0.854. The highest BCUT2D eigenvalue weighted by Crippen LogP contribution is 2.35. The summed E-state index contributed by atoms with van der Waals surface area (Å²) in [6, 6.07) is 7.53. The molecule has 0 saturated heterocycles. The van der Waals surface area contributed by atoms with Crippen molar-refractivity contribution >= 4 is 44.9 Å². The maximum Gasteiger partial charge on any atom is 0.350 e. The number of carbonyl (C=O) groups excluding carboxylic acids is 2. The van der Waals surface area contributed by atoms with E-state index in [2.05, 4.69) is 5.32 Å². The molecule has 0 radical (unpaired) electrons. The average Bonchev–Trinajstić information content (AvgIpc) is 2.82. The molecule has 6 heteroatoms. The minimum absolute atomic E-state index is 0.0594. The normalized spacial score (nSPS) is 12.1. The zero-order valence-corrected chi connectivity index (χ0v) is 13.4. The molecule has 0 saturated carbocycles. The molecule has 1 amide bonds. The third kappa shape index (κ3) is 3.74. The van der Waals surface area contributed by atoms with Crippen LogP contribution < -0.4 is 5.32 Å². The molecule has 0 aliphatic heterocycles. The highest BCUT2D eigenvalue weighted by Gasteiger charge is 2.19. The predicted octanol–water partition coefficient (Wildman–Crippen LogP) is 3.63. The van der Waals surface area contributed by atoms with Crippen molar-refractivity contribution in [1.29, 1.82) is 0 Å². The number of ether oxygens (including phenoxy) is 1. The lowest BCUT2D eigenvalue weighted by Crippen LogP contribution is -2.35. The number of nitrogens with one attached hydrogen (secondary N) is 1. The standard InChI is InChI=1S/C15H16ClNO3S/c1-3-9(2)17-12(18)8-20-15(19)14-13(16)10-6-4-5-7-11(10)21-14/h4-7,9H,3,8H2,1-2H3,(H,17,18)/t9-/m1/s1. The molecule has 1 aromatic carbocycles. The second kappa shape index (κ2) is 6.91. The van der Waals surface area contributed by atoms with Gasteiger partial charge in [0.15, 0.2) is 6.61 Å². The lowest BCUT2D eigenvalue weighted by Gasteiger charge is -2.11. The van der Waals surface area contributed by atoms with Gasteiger partial charge in [-0.3, -0.25) is 4.79 Å². The maximum absolute atomic E-state index is 12.0. The molecule has 2 rings (SSSR count). The van der Waals surface area contributed by atoms with E-state index in [0.717, 1.165) is 16.5 Å². The molecule has 0 fully saturated rings. The average molecular weight is 326 g/mol. The molecule has 21 heavy (non-hydrogen) atoms. The van der Waals surface area contributed by atoms with Crippen LogP contribution in [-0.2, 0) is 9.53 Å². The fourth-order valence-corrected chi connectivity index (χ4v) is 3.16. The van der Waals surface area contributed by atoms with Gasteiger partial charge in [-0.15, -0.1) is 11.3 Å². The van der Waals surface area contributed by atoms with Gasteiger partial charge < -0.3 is 10.1 Å². The first-order valence-corrected chi connectivity index (χ1v) is 7.86. The molecular formula is C15H16ClNO3S. The van der Waals surface area contributed by atoms with Crippen LogP contribution in [0.5, 0.6) is 0 Å². The SMILES string of the molecule is CC[C@@H](C)NC(=O)COC(=O)c1sc2ccccc2c1Cl. The molecule has 1 aromatic heterocycles. The van der Waals surface area contributed by atoms with Crippen LogP contribution >= 0.6 is 22.9 Å². The number of fused-ring (bicyclic) bond motifs is 1. The number of hydrogen-bond donors (Lipinski definition) is 1. The van der Waals surface area contributed by atoms with E-state index in [1.54, 1.807) is 0 Å². The Kier molecular flexibility index (Phi) is 5.20. The Hall–Kier alpha value is -1.59. The fourth-order valence-electron chi connectivity index (χ4n) is 1.76. The Morgan fingerprint density at radius 2 is 2.10 bits per heavy atom. The highest BCUT2D eigenvalue weighted by molar-refractivity contribution is 7.21. The van der Waals surface area contributed by atoms with E-state index in [0.29, 0.717) is 9.90 Å². The van der Waals surface area contributed by atoms with Crippen LogP contribution in [0, 0.1) is 0 Å². The van der Waals surface area contributed by atoms with E-state index in [1.165, 1.54) is 11.3 Å². The van der Waals surface area contributed by atoms with Crippen LogP contribution in [0.3, 0.4) is 0 Å². The molecule has 0 spiro atoms. The van der Waals surface area contributed by atoms with Crippen molar-refractivity contribution in [3.05, 3.63) is 34.2 Å². The monoisotopic (exact) mass is 325 g/mol. The molecule has 0 unspecified atom stereocenters. The third-order valence-electron chi connectivity index (χ3n) is 3.07. The van der Waals surface area contributed by atoms with E-state index in [9.17, 15) is 9.59 Å². The van der Waals surface area contributed by atoms with Crippen LogP contribution in [0.2, 0.25) is 5.02 Å². The van der Waals surface area contributed by atoms with Crippen molar-refractivity contribution in [3.8, 4) is 0 Å². The van der Waals surface area contributed by atoms with Gasteiger partial charge in [0, 0.05) is 16.1 Å². The summed E-state index contributed by atoms with van der Waals surface area (Å²) in [7, 11) is 0. The van der Waals surface area contributed by atoms with Crippen molar-refractivity contribution in [2.24, 2.45) is 0 Å². The summed E-state index contributed by atoms with van der Waals surface area (Å²) in [6.45, 7) is 3.56. The van der Waals surface area contributed by atoms with Gasteiger partial charge in [0.25, 0.3) is 5.91 Å². The molecule has 2 aromatic rings. The zero-order valence-electron chi connectivity index (χ0n) is 11.8. The summed E-state index contributed by atoms with van der Waals surface area (Å²) in [4.78, 5) is 23.9. The Bertz CT molecular complexity index is 668. The number of halogens is 1. The first-order valence-electron chi connectivity index (χ1n) is 6.66. The second-order valence-corrected chi connectivity index (χ2v) is 6.12. The number of rotatable bonds is 5. The fraction of sp³-hybridized carbons (Fsp3) is 0.333. The summed E-state index contributed by atoms with van der Waals surface area (Å²) in [5.74, 6) is -0.879. The molecule has 112 valence electrons. The topological polar surface area (TPSA) is 55.4 Å². The van der Waals surface area contributed by atoms with Gasteiger partial charge in [-0.05, 0) is 19.4 Å². The third-order valence-corrected chi connectivity index (χ3v) is 4.73. The van der Waals surface area contributed by atoms with Crippen molar-refractivity contribution in [3.63, 3.8) is 0 Å². The molecule has 4 nitrogen and oxygen atoms in total. The van der Waals surface area contributed by atoms with Gasteiger partial charge in [0.2, 0.25) is 0 Å². The summed E-state index contributed by atoms with van der Waals surface area (Å²) in [5.41, 5.74) is 0. The number of carbonyl (C=O) groups is 2. The predicted molar refractivity (Wildman–Crippen MR) is 85.0 cm³/mol. The van der Waals surface area contributed by atoms with Crippen LogP contribution in [0.15, 0.2) is 24.3 Å². The Morgan fingerprint density at radius 1 is 1.38 bits per heavy atom. The summed E-state index contributed by atoms with van der Waals surface area (Å²) < 4.78 is 5.94. The largest absolute Gasteiger partial charge is 0.451 e. The molecule has 0 aliphatic carbocycles. The van der Waals surface area contributed by atoms with Crippen molar-refractivity contribution in [2.75, 3.05) is 6.61 Å². The van der Waals surface area contributed by atoms with E-state index in [4.69, 9.17) is 16.3 Å². The van der Waals surface area contributed by atoms with Gasteiger partial charge in [-0.2, -0.15) is 0 Å². The molecular weight excluding hydrogens is 310 g/mol. The van der Waals surface area contributed by atoms with Gasteiger partial charge in [-0.1, -0.05) is 36.7 Å². The van der Waals surface area contributed by atoms with Crippen molar-refractivity contribution < 1.29 is 14.3 Å². The minimum Gasteiger partial charge on any atom is -0.451 e. The number of benzene rings is 1. The van der Waals surface area contributed by atoms with Crippen LogP contribution in [0.4, 0.5) is 0 Å². The first-order chi connectivity index (χ1) is 10.0. The first kappa shape index (κ1) is 15.8. The Balaban J connectivity index is 2.02. The van der Waals surface area contributed by atoms with E-state index >= 15 is 0 Å². The molecule has 1 heterocycles. The summed E-state index contributed by atoms with van der Waals surface area (Å²) in [6.07, 6.45) is 0.821. The van der Waals surface area contributed by atoms with Crippen molar-refractivity contribution in [2.45, 2.75) is 26.3 Å². The molecule has 0 aliphatic rings. The van der Waals surface area contributed by atoms with Gasteiger partial charge in [-0.25, -0.2) is 4.79 Å². The number of hydrogen-bond acceptors (Lipinski definition) is 4. The maximum atomic E-state index is 12.0. The van der Waals surface area contributed by atoms with Gasteiger partial charge in [0.05, 0.1) is 5.02 Å². The van der Waals surface area contributed by atoms with Crippen LogP contribution in [0.25, 0.3) is 10.1 Å². The lowest BCUT2D eigenvalue weighted by molar-refractivity contribution is -0.124. The number of esters is 1. The minimum atomic E-state index is -0.569. The Morgan fingerprint density at radius 3 is 2.76 bits per heavy atom. The van der Waals surface area contributed by atoms with Crippen molar-refractivity contribution in [1.82, 2.24) is 5.32 Å². The summed E-state index contributed by atoms with van der Waals surface area (Å²) in [5, 5.41) is 3.93. The van der Waals surface area contributed by atoms with Crippen LogP contribution in [0.1, 0.15) is 29.9 Å². The van der Waals surface area contributed by atoms with Gasteiger partial charge >= 0.3 is 5.97 Å². The van der Waals surface area contributed by atoms with E-state index < -0.39 is 5.97 Å². The summed E-state index contributed by atoms with van der Waals surface area (Å²) >= 11 is 7.45. The Labute approximate surface area is 132 Å². The van der Waals surface area contributed by atoms with E-state index in [1.807, 2.05) is 38.1 Å². The number of amides is 1. The molecule has 1 N–H and O–H groups in total. The smallest absolute Gasteiger partial charge is 0.350 e. The lowest BCUT2D eigenvalue weighted by atomic mass is 10.2. The molecule has 0 bridgehead atoms.